The van der Waals surface area contributed by atoms with E-state index in [0.29, 0.717) is 30.4 Å². The van der Waals surface area contributed by atoms with Gasteiger partial charge in [0.25, 0.3) is 5.91 Å². The molecule has 2 rings (SSSR count). The van der Waals surface area contributed by atoms with E-state index in [4.69, 9.17) is 4.74 Å². The number of aryl methyl sites for hydroxylation is 1. The van der Waals surface area contributed by atoms with E-state index in [1.165, 1.54) is 0 Å². The summed E-state index contributed by atoms with van der Waals surface area (Å²) < 4.78 is 5.02. The summed E-state index contributed by atoms with van der Waals surface area (Å²) in [6.07, 6.45) is 1.65. The van der Waals surface area contributed by atoms with Gasteiger partial charge >= 0.3 is 0 Å². The number of ether oxygens (including phenoxy) is 1. The number of rotatable bonds is 8. The quantitative estimate of drug-likeness (QED) is 0.706. The number of carbonyl (C=O) groups is 2. The normalized spacial score (nSPS) is 19.8. The van der Waals surface area contributed by atoms with Gasteiger partial charge in [0.05, 0.1) is 5.37 Å². The fourth-order valence-electron chi connectivity index (χ4n) is 3.12. The maximum absolute atomic E-state index is 13.3. The molecule has 0 radical (unpaired) electrons. The van der Waals surface area contributed by atoms with Crippen molar-refractivity contribution in [3.05, 3.63) is 35.4 Å². The van der Waals surface area contributed by atoms with Gasteiger partial charge in [0.2, 0.25) is 5.91 Å². The average molecular weight is 379 g/mol. The van der Waals surface area contributed by atoms with Crippen molar-refractivity contribution in [2.75, 3.05) is 26.0 Å². The fraction of sp³-hybridized carbons (Fsp3) is 0.600. The highest BCUT2D eigenvalue weighted by molar-refractivity contribution is 8.00. The molecule has 6 heteroatoms. The minimum Gasteiger partial charge on any atom is -0.385 e. The summed E-state index contributed by atoms with van der Waals surface area (Å²) in [7, 11) is 1.65. The molecule has 0 aromatic heterocycles. The molecule has 2 unspecified atom stereocenters. The lowest BCUT2D eigenvalue weighted by molar-refractivity contribution is -0.124. The minimum absolute atomic E-state index is 0.0387. The third kappa shape index (κ3) is 5.24. The summed E-state index contributed by atoms with van der Waals surface area (Å²) in [5.74, 6) is 0.992. The lowest BCUT2D eigenvalue weighted by Gasteiger charge is -2.30. The van der Waals surface area contributed by atoms with Crippen LogP contribution >= 0.6 is 11.8 Å². The number of amides is 2. The Kier molecular flexibility index (Phi) is 7.97. The van der Waals surface area contributed by atoms with Gasteiger partial charge in [-0.1, -0.05) is 32.0 Å². The van der Waals surface area contributed by atoms with Crippen molar-refractivity contribution < 1.29 is 14.3 Å². The van der Waals surface area contributed by atoms with Crippen LogP contribution in [-0.2, 0) is 9.53 Å². The van der Waals surface area contributed by atoms with Gasteiger partial charge < -0.3 is 15.0 Å². The van der Waals surface area contributed by atoms with Gasteiger partial charge in [-0.05, 0) is 37.3 Å². The van der Waals surface area contributed by atoms with Crippen molar-refractivity contribution in [3.8, 4) is 0 Å². The van der Waals surface area contributed by atoms with Crippen LogP contribution in [0.1, 0.15) is 42.6 Å². The first-order valence-corrected chi connectivity index (χ1v) is 10.3. The van der Waals surface area contributed by atoms with E-state index in [2.05, 4.69) is 19.2 Å². The van der Waals surface area contributed by atoms with Crippen LogP contribution in [0, 0.1) is 12.8 Å². The Balaban J connectivity index is 2.17. The van der Waals surface area contributed by atoms with E-state index in [1.807, 2.05) is 31.2 Å². The maximum Gasteiger partial charge on any atom is 0.255 e. The highest BCUT2D eigenvalue weighted by atomic mass is 32.2. The number of thioether (sulfide) groups is 1. The first-order chi connectivity index (χ1) is 12.5. The largest absolute Gasteiger partial charge is 0.385 e. The summed E-state index contributed by atoms with van der Waals surface area (Å²) in [5, 5.41) is 3.00. The van der Waals surface area contributed by atoms with Crippen molar-refractivity contribution in [1.82, 2.24) is 10.2 Å². The lowest BCUT2D eigenvalue weighted by atomic mass is 10.0. The van der Waals surface area contributed by atoms with Crippen molar-refractivity contribution in [2.24, 2.45) is 5.92 Å². The van der Waals surface area contributed by atoms with E-state index >= 15 is 0 Å². The highest BCUT2D eigenvalue weighted by Crippen LogP contribution is 2.35. The minimum atomic E-state index is -0.418. The molecule has 1 fully saturated rings. The summed E-state index contributed by atoms with van der Waals surface area (Å²) in [4.78, 5) is 27.8. The molecule has 144 valence electrons. The number of carbonyl (C=O) groups excluding carboxylic acids is 2. The van der Waals surface area contributed by atoms with E-state index in [0.717, 1.165) is 18.4 Å². The molecule has 0 saturated carbocycles. The predicted molar refractivity (Wildman–Crippen MR) is 106 cm³/mol. The molecule has 0 spiro atoms. The average Bonchev–Trinajstić information content (AvgIpc) is 3.01. The first kappa shape index (κ1) is 20.8. The van der Waals surface area contributed by atoms with Gasteiger partial charge in [-0.3, -0.25) is 9.59 Å². The third-order valence-corrected chi connectivity index (χ3v) is 5.82. The van der Waals surface area contributed by atoms with E-state index in [-0.39, 0.29) is 17.2 Å². The van der Waals surface area contributed by atoms with Gasteiger partial charge in [-0.2, -0.15) is 0 Å². The summed E-state index contributed by atoms with van der Waals surface area (Å²) in [6.45, 7) is 7.41. The Hall–Kier alpha value is -1.53. The van der Waals surface area contributed by atoms with Gasteiger partial charge in [0.15, 0.2) is 0 Å². The third-order valence-electron chi connectivity index (χ3n) is 4.50. The van der Waals surface area contributed by atoms with Gasteiger partial charge in [0, 0.05) is 31.6 Å². The van der Waals surface area contributed by atoms with Crippen LogP contribution < -0.4 is 5.32 Å². The predicted octanol–water partition coefficient (Wildman–Crippen LogP) is 3.08. The summed E-state index contributed by atoms with van der Waals surface area (Å²) in [6, 6.07) is 7.17. The second-order valence-electron chi connectivity index (χ2n) is 7.10. The molecule has 0 aliphatic carbocycles. The Morgan fingerprint density at radius 1 is 1.35 bits per heavy atom. The van der Waals surface area contributed by atoms with Crippen LogP contribution in [0.4, 0.5) is 0 Å². The van der Waals surface area contributed by atoms with Crippen molar-refractivity contribution >= 4 is 23.6 Å². The van der Waals surface area contributed by atoms with Crippen LogP contribution in [0.15, 0.2) is 24.3 Å². The topological polar surface area (TPSA) is 58.6 Å². The number of hydrogen-bond donors (Lipinski definition) is 1. The molecule has 1 aliphatic rings. The van der Waals surface area contributed by atoms with E-state index < -0.39 is 6.04 Å². The van der Waals surface area contributed by atoms with E-state index in [1.54, 1.807) is 23.8 Å². The van der Waals surface area contributed by atoms with Crippen LogP contribution in [0.5, 0.6) is 0 Å². The second-order valence-corrected chi connectivity index (χ2v) is 8.31. The SMILES string of the molecule is COCCCNC(=O)C1CSC(CC(C)C)N1C(=O)c1ccccc1C. The number of methoxy groups -OCH3 is 1. The molecule has 1 saturated heterocycles. The Labute approximate surface area is 160 Å². The van der Waals surface area contributed by atoms with Gasteiger partial charge in [-0.15, -0.1) is 11.8 Å². The highest BCUT2D eigenvalue weighted by Gasteiger charge is 2.42. The van der Waals surface area contributed by atoms with Crippen LogP contribution in [0.2, 0.25) is 0 Å². The second kappa shape index (κ2) is 9.97. The van der Waals surface area contributed by atoms with E-state index in [9.17, 15) is 9.59 Å². The number of nitrogens with one attached hydrogen (secondary N) is 1. The maximum atomic E-state index is 13.3. The first-order valence-electron chi connectivity index (χ1n) is 9.22. The molecule has 2 atom stereocenters. The van der Waals surface area contributed by atoms with Gasteiger partial charge in [-0.25, -0.2) is 0 Å². The monoisotopic (exact) mass is 378 g/mol. The summed E-state index contributed by atoms with van der Waals surface area (Å²) >= 11 is 1.71. The molecular weight excluding hydrogens is 348 g/mol. The molecule has 0 bridgehead atoms. The Morgan fingerprint density at radius 2 is 2.08 bits per heavy atom. The van der Waals surface area contributed by atoms with Crippen molar-refractivity contribution in [2.45, 2.75) is 45.0 Å². The van der Waals surface area contributed by atoms with Crippen LogP contribution in [0.25, 0.3) is 0 Å². The van der Waals surface area contributed by atoms with Crippen molar-refractivity contribution in [3.63, 3.8) is 0 Å². The molecule has 2 amide bonds. The molecule has 1 N–H and O–H groups in total. The zero-order chi connectivity index (χ0) is 19.1. The molecule has 1 aromatic rings. The summed E-state index contributed by atoms with van der Waals surface area (Å²) in [5.41, 5.74) is 1.62. The smallest absolute Gasteiger partial charge is 0.255 e. The molecule has 1 heterocycles. The molecule has 1 aliphatic heterocycles. The number of nitrogens with zero attached hydrogens (tertiary/aromatic N) is 1. The molecule has 5 nitrogen and oxygen atoms in total. The van der Waals surface area contributed by atoms with Crippen LogP contribution in [0.3, 0.4) is 0 Å². The molecule has 1 aromatic carbocycles. The lowest BCUT2D eigenvalue weighted by Crippen LogP contribution is -2.50. The number of benzene rings is 1. The zero-order valence-corrected chi connectivity index (χ0v) is 17.0. The Bertz CT molecular complexity index is 621. The zero-order valence-electron chi connectivity index (χ0n) is 16.2. The molecule has 26 heavy (non-hydrogen) atoms. The Morgan fingerprint density at radius 3 is 2.73 bits per heavy atom. The molecular formula is C20H30N2O3S. The van der Waals surface area contributed by atoms with Crippen LogP contribution in [-0.4, -0.2) is 54.1 Å². The standard InChI is InChI=1S/C20H30N2O3S/c1-14(2)12-18-22(20(24)16-9-6-5-8-15(16)3)17(13-26-18)19(23)21-10-7-11-25-4/h5-6,8-9,14,17-18H,7,10-13H2,1-4H3,(H,21,23). The fourth-order valence-corrected chi connectivity index (χ4v) is 4.76. The van der Waals surface area contributed by atoms with Crippen molar-refractivity contribution in [1.29, 1.82) is 0 Å². The van der Waals surface area contributed by atoms with Gasteiger partial charge in [0.1, 0.15) is 6.04 Å². The number of hydrogen-bond acceptors (Lipinski definition) is 4.